The second-order valence-corrected chi connectivity index (χ2v) is 4.53. The van der Waals surface area contributed by atoms with E-state index >= 15 is 0 Å². The van der Waals surface area contributed by atoms with E-state index in [2.05, 4.69) is 0 Å². The molecule has 1 aliphatic heterocycles. The van der Waals surface area contributed by atoms with Gasteiger partial charge in [0, 0.05) is 9.52 Å². The monoisotopic (exact) mass is 228 g/mol. The summed E-state index contributed by atoms with van der Waals surface area (Å²) in [6, 6.07) is 3.28. The molecule has 1 aliphatic rings. The molecular formula is C5H12BNa3O3Si. The molecule has 0 aliphatic carbocycles. The molecule has 0 saturated carbocycles. The zero-order valence-corrected chi connectivity index (χ0v) is 16.5. The first-order valence-corrected chi connectivity index (χ1v) is 5.71. The van der Waals surface area contributed by atoms with Crippen molar-refractivity contribution in [3.63, 3.8) is 0 Å². The predicted octanol–water partition coefficient (Wildman–Crippen LogP) is -11.8. The van der Waals surface area contributed by atoms with Gasteiger partial charge in [0.1, 0.15) is 0 Å². The number of hydrogen-bond donors (Lipinski definition) is 0. The molecule has 1 fully saturated rings. The molecule has 1 rings (SSSR count). The minimum absolute atomic E-state index is 0. The van der Waals surface area contributed by atoms with E-state index in [9.17, 15) is 0 Å². The van der Waals surface area contributed by atoms with Crippen LogP contribution < -0.4 is 104 Å². The maximum absolute atomic E-state index is 8.42. The third-order valence-corrected chi connectivity index (χ3v) is 3.50. The van der Waals surface area contributed by atoms with Crippen LogP contribution in [0.3, 0.4) is 0 Å². The van der Waals surface area contributed by atoms with Crippen molar-refractivity contribution in [2.45, 2.75) is 31.4 Å². The zero-order valence-electron chi connectivity index (χ0n) is 9.04. The standard InChI is InChI=1S/C5H12Si.BO3.3Na/c1-2-4-6-5-3-1;2-1(3)4;;;/h1-6H2;;;;/q;-3;3*+1. The fourth-order valence-electron chi connectivity index (χ4n) is 1.06. The van der Waals surface area contributed by atoms with E-state index in [-0.39, 0.29) is 88.7 Å². The molecule has 60 valence electrons. The van der Waals surface area contributed by atoms with Crippen LogP contribution in [-0.4, -0.2) is 16.8 Å². The molecule has 1 saturated heterocycles. The van der Waals surface area contributed by atoms with E-state index in [0.29, 0.717) is 9.52 Å². The Balaban J connectivity index is -0.0000000536. The van der Waals surface area contributed by atoms with Gasteiger partial charge in [-0.2, -0.15) is 0 Å². The Kier molecular flexibility index (Phi) is 39.7. The molecule has 0 unspecified atom stereocenters. The summed E-state index contributed by atoms with van der Waals surface area (Å²) in [6.07, 6.45) is 4.66. The van der Waals surface area contributed by atoms with Crippen molar-refractivity contribution in [1.29, 1.82) is 0 Å². The smallest absolute Gasteiger partial charge is 0.907 e. The van der Waals surface area contributed by atoms with E-state index < -0.39 is 7.32 Å². The van der Waals surface area contributed by atoms with Crippen LogP contribution in [0.25, 0.3) is 0 Å². The Morgan fingerprint density at radius 2 is 1.08 bits per heavy atom. The first-order valence-electron chi connectivity index (χ1n) is 3.71. The van der Waals surface area contributed by atoms with Gasteiger partial charge in [-0.3, -0.25) is 7.32 Å². The molecule has 0 aromatic rings. The Bertz CT molecular complexity index is 63.8. The Morgan fingerprint density at radius 3 is 1.15 bits per heavy atom. The molecule has 0 radical (unpaired) electrons. The van der Waals surface area contributed by atoms with Crippen molar-refractivity contribution >= 4 is 16.8 Å². The van der Waals surface area contributed by atoms with Crippen LogP contribution in [0.5, 0.6) is 0 Å². The second-order valence-electron chi connectivity index (χ2n) is 2.41. The average Bonchev–Trinajstić information content (AvgIpc) is 1.90. The first kappa shape index (κ1) is 25.1. The van der Waals surface area contributed by atoms with Gasteiger partial charge in [0.2, 0.25) is 0 Å². The van der Waals surface area contributed by atoms with Gasteiger partial charge < -0.3 is 15.1 Å². The molecule has 3 nitrogen and oxygen atoms in total. The van der Waals surface area contributed by atoms with Crippen LogP contribution >= 0.6 is 0 Å². The molecule has 0 atom stereocenters. The van der Waals surface area contributed by atoms with E-state index in [0.717, 1.165) is 0 Å². The molecule has 1 heterocycles. The van der Waals surface area contributed by atoms with E-state index in [1.54, 1.807) is 24.9 Å². The third kappa shape index (κ3) is 31.3. The minimum atomic E-state index is -2.92. The summed E-state index contributed by atoms with van der Waals surface area (Å²) < 4.78 is 0. The van der Waals surface area contributed by atoms with Crippen molar-refractivity contribution in [3.05, 3.63) is 0 Å². The van der Waals surface area contributed by atoms with Crippen molar-refractivity contribution < 1.29 is 104 Å². The molecule has 0 aromatic heterocycles. The van der Waals surface area contributed by atoms with Gasteiger partial charge >= 0.3 is 88.7 Å². The molecule has 0 N–H and O–H groups in total. The zero-order chi connectivity index (χ0) is 7.82. The second kappa shape index (κ2) is 20.6. The van der Waals surface area contributed by atoms with Crippen molar-refractivity contribution in [2.75, 3.05) is 0 Å². The van der Waals surface area contributed by atoms with Gasteiger partial charge in [-0.05, 0) is 0 Å². The molecular weight excluding hydrogens is 216 g/mol. The molecule has 0 bridgehead atoms. The van der Waals surface area contributed by atoms with E-state index in [1.807, 2.05) is 0 Å². The summed E-state index contributed by atoms with van der Waals surface area (Å²) in [5, 5.41) is 25.2. The van der Waals surface area contributed by atoms with Gasteiger partial charge in [0.05, 0.1) is 0 Å². The van der Waals surface area contributed by atoms with Gasteiger partial charge in [-0.25, -0.2) is 0 Å². The van der Waals surface area contributed by atoms with E-state index in [4.69, 9.17) is 15.1 Å². The maximum Gasteiger partial charge on any atom is 1.00 e. The van der Waals surface area contributed by atoms with Crippen LogP contribution in [0, 0.1) is 0 Å². The molecule has 13 heavy (non-hydrogen) atoms. The van der Waals surface area contributed by atoms with Gasteiger partial charge in [0.15, 0.2) is 0 Å². The number of rotatable bonds is 0. The van der Waals surface area contributed by atoms with Crippen molar-refractivity contribution in [3.8, 4) is 0 Å². The first-order chi connectivity index (χ1) is 4.73. The summed E-state index contributed by atoms with van der Waals surface area (Å²) in [5.74, 6) is 0. The SMILES string of the molecule is C1CC[SiH2]CC1.[Na+].[Na+].[Na+].[O-]B([O-])[O-]. The van der Waals surface area contributed by atoms with Crippen molar-refractivity contribution in [1.82, 2.24) is 0 Å². The predicted molar refractivity (Wildman–Crippen MR) is 37.8 cm³/mol. The largest absolute Gasteiger partial charge is 1.00 e. The normalized spacial score (nSPS) is 13.2. The molecule has 8 heteroatoms. The molecule has 0 amide bonds. The topological polar surface area (TPSA) is 69.2 Å². The maximum atomic E-state index is 8.42. The Morgan fingerprint density at radius 1 is 0.769 bits per heavy atom. The number of hydrogen-bond acceptors (Lipinski definition) is 3. The quantitative estimate of drug-likeness (QED) is 0.386. The molecule has 0 aromatic carbocycles. The summed E-state index contributed by atoms with van der Waals surface area (Å²) >= 11 is 0. The van der Waals surface area contributed by atoms with Crippen LogP contribution in [0.4, 0.5) is 0 Å². The van der Waals surface area contributed by atoms with Gasteiger partial charge in [0.25, 0.3) is 0 Å². The molecule has 0 spiro atoms. The van der Waals surface area contributed by atoms with Gasteiger partial charge in [-0.15, -0.1) is 0 Å². The fraction of sp³-hybridized carbons (Fsp3) is 1.00. The van der Waals surface area contributed by atoms with Crippen LogP contribution in [0.2, 0.25) is 12.1 Å². The van der Waals surface area contributed by atoms with Crippen molar-refractivity contribution in [2.24, 2.45) is 0 Å². The summed E-state index contributed by atoms with van der Waals surface area (Å²) in [7, 11) is -2.41. The van der Waals surface area contributed by atoms with Crippen LogP contribution in [-0.2, 0) is 0 Å². The average molecular weight is 228 g/mol. The Labute approximate surface area is 149 Å². The third-order valence-electron chi connectivity index (χ3n) is 1.50. The summed E-state index contributed by atoms with van der Waals surface area (Å²) in [6.45, 7) is 0. The summed E-state index contributed by atoms with van der Waals surface area (Å²) in [4.78, 5) is 0. The summed E-state index contributed by atoms with van der Waals surface area (Å²) in [5.41, 5.74) is 0. The van der Waals surface area contributed by atoms with Crippen LogP contribution in [0.1, 0.15) is 19.3 Å². The minimum Gasteiger partial charge on any atom is -0.907 e. The fourth-order valence-corrected chi connectivity index (χ4v) is 2.83. The Hall–Kier alpha value is 3.16. The van der Waals surface area contributed by atoms with Crippen LogP contribution in [0.15, 0.2) is 0 Å². The van der Waals surface area contributed by atoms with E-state index in [1.165, 1.54) is 6.42 Å². The van der Waals surface area contributed by atoms with Gasteiger partial charge in [-0.1, -0.05) is 31.4 Å².